The van der Waals surface area contributed by atoms with E-state index in [1.54, 1.807) is 16.7 Å². The van der Waals surface area contributed by atoms with Gasteiger partial charge in [0, 0.05) is 31.6 Å². The molecule has 0 saturated carbocycles. The van der Waals surface area contributed by atoms with E-state index in [0.29, 0.717) is 38.2 Å². The fraction of sp³-hybridized carbons (Fsp3) is 0.667. The predicted molar refractivity (Wildman–Crippen MR) is 93.0 cm³/mol. The molecule has 0 radical (unpaired) electrons. The van der Waals surface area contributed by atoms with Crippen molar-refractivity contribution in [3.8, 4) is 0 Å². The number of aromatic nitrogens is 1. The van der Waals surface area contributed by atoms with Crippen molar-refractivity contribution in [1.29, 1.82) is 0 Å². The highest BCUT2D eigenvalue weighted by molar-refractivity contribution is 5.94. The molecular formula is C18H26N4O4. The molecule has 2 aliphatic rings. The van der Waals surface area contributed by atoms with Crippen molar-refractivity contribution in [1.82, 2.24) is 19.9 Å². The smallest absolute Gasteiger partial charge is 0.245 e. The van der Waals surface area contributed by atoms with Crippen LogP contribution in [0.2, 0.25) is 0 Å². The quantitative estimate of drug-likeness (QED) is 0.749. The van der Waals surface area contributed by atoms with E-state index in [1.165, 1.54) is 0 Å². The Balaban J connectivity index is 1.57. The highest BCUT2D eigenvalue weighted by Crippen LogP contribution is 2.21. The van der Waals surface area contributed by atoms with Crippen LogP contribution in [-0.2, 0) is 20.9 Å². The van der Waals surface area contributed by atoms with Crippen molar-refractivity contribution in [2.75, 3.05) is 26.2 Å². The van der Waals surface area contributed by atoms with Gasteiger partial charge in [-0.05, 0) is 33.6 Å². The molecule has 1 atom stereocenters. The van der Waals surface area contributed by atoms with Gasteiger partial charge in [0.25, 0.3) is 0 Å². The van der Waals surface area contributed by atoms with Crippen LogP contribution in [0.25, 0.3) is 0 Å². The number of amides is 3. The van der Waals surface area contributed by atoms with Crippen molar-refractivity contribution < 1.29 is 18.9 Å². The van der Waals surface area contributed by atoms with Gasteiger partial charge in [0.2, 0.25) is 17.7 Å². The topological polar surface area (TPSA) is 87.0 Å². The van der Waals surface area contributed by atoms with Gasteiger partial charge in [-0.3, -0.25) is 14.4 Å². The van der Waals surface area contributed by atoms with Gasteiger partial charge in [-0.1, -0.05) is 5.16 Å². The first-order valence-electron chi connectivity index (χ1n) is 9.16. The van der Waals surface area contributed by atoms with E-state index in [-0.39, 0.29) is 24.3 Å². The predicted octanol–water partition coefficient (Wildman–Crippen LogP) is 0.863. The van der Waals surface area contributed by atoms with E-state index < -0.39 is 6.04 Å². The standard InChI is InChI=1S/C18H26N4O4/c1-12-15(14(3)26-19-12)10-22-13(2)18(25)21(11-17(22)24)9-5-8-20-7-4-6-16(20)23/h13H,4-11H2,1-3H3/t13-/m0/s1. The third kappa shape index (κ3) is 3.59. The van der Waals surface area contributed by atoms with Crippen LogP contribution < -0.4 is 0 Å². The molecule has 0 aliphatic carbocycles. The zero-order valence-electron chi connectivity index (χ0n) is 15.7. The maximum atomic E-state index is 12.7. The fourth-order valence-electron chi connectivity index (χ4n) is 3.65. The summed E-state index contributed by atoms with van der Waals surface area (Å²) in [6.45, 7) is 7.76. The number of carbonyl (C=O) groups is 3. The number of hydrogen-bond acceptors (Lipinski definition) is 5. The lowest BCUT2D eigenvalue weighted by atomic mass is 10.1. The molecule has 0 N–H and O–H groups in total. The van der Waals surface area contributed by atoms with Crippen molar-refractivity contribution in [2.45, 2.75) is 52.6 Å². The number of hydrogen-bond donors (Lipinski definition) is 0. The highest BCUT2D eigenvalue weighted by Gasteiger charge is 2.37. The summed E-state index contributed by atoms with van der Waals surface area (Å²) in [4.78, 5) is 42.0. The van der Waals surface area contributed by atoms with Crippen LogP contribution in [0.15, 0.2) is 4.52 Å². The molecule has 2 aliphatic heterocycles. The number of rotatable bonds is 6. The van der Waals surface area contributed by atoms with E-state index in [2.05, 4.69) is 5.16 Å². The van der Waals surface area contributed by atoms with E-state index in [1.807, 2.05) is 18.7 Å². The summed E-state index contributed by atoms with van der Waals surface area (Å²) in [5.41, 5.74) is 1.60. The van der Waals surface area contributed by atoms with Gasteiger partial charge >= 0.3 is 0 Å². The van der Waals surface area contributed by atoms with Crippen LogP contribution in [0.4, 0.5) is 0 Å². The minimum absolute atomic E-state index is 0.0518. The van der Waals surface area contributed by atoms with Crippen molar-refractivity contribution in [3.63, 3.8) is 0 Å². The Labute approximate surface area is 153 Å². The average molecular weight is 362 g/mol. The summed E-state index contributed by atoms with van der Waals surface area (Å²) in [7, 11) is 0. The van der Waals surface area contributed by atoms with Gasteiger partial charge in [-0.25, -0.2) is 0 Å². The van der Waals surface area contributed by atoms with Gasteiger partial charge in [-0.2, -0.15) is 0 Å². The molecule has 0 bridgehead atoms. The summed E-state index contributed by atoms with van der Waals surface area (Å²) >= 11 is 0. The maximum absolute atomic E-state index is 12.7. The van der Waals surface area contributed by atoms with Crippen LogP contribution in [0.5, 0.6) is 0 Å². The molecule has 8 heteroatoms. The fourth-order valence-corrected chi connectivity index (χ4v) is 3.65. The molecule has 0 unspecified atom stereocenters. The van der Waals surface area contributed by atoms with Crippen molar-refractivity contribution in [2.24, 2.45) is 0 Å². The number of carbonyl (C=O) groups excluding carboxylic acids is 3. The maximum Gasteiger partial charge on any atom is 0.245 e. The SMILES string of the molecule is Cc1noc(C)c1CN1C(=O)CN(CCCN2CCCC2=O)C(=O)[C@@H]1C. The van der Waals surface area contributed by atoms with Gasteiger partial charge in [0.05, 0.1) is 18.8 Å². The third-order valence-corrected chi connectivity index (χ3v) is 5.32. The van der Waals surface area contributed by atoms with Crippen LogP contribution in [0, 0.1) is 13.8 Å². The lowest BCUT2D eigenvalue weighted by Gasteiger charge is -2.39. The summed E-state index contributed by atoms with van der Waals surface area (Å²) in [5, 5.41) is 3.91. The van der Waals surface area contributed by atoms with Gasteiger partial charge in [-0.15, -0.1) is 0 Å². The third-order valence-electron chi connectivity index (χ3n) is 5.32. The molecule has 1 aromatic heterocycles. The molecule has 0 spiro atoms. The second-order valence-corrected chi connectivity index (χ2v) is 7.10. The Morgan fingerprint density at radius 3 is 2.46 bits per heavy atom. The molecule has 1 aromatic rings. The zero-order valence-corrected chi connectivity index (χ0v) is 15.7. The van der Waals surface area contributed by atoms with E-state index in [9.17, 15) is 14.4 Å². The number of piperazine rings is 1. The molecule has 2 saturated heterocycles. The summed E-state index contributed by atoms with van der Waals surface area (Å²) in [6, 6.07) is -0.515. The summed E-state index contributed by atoms with van der Waals surface area (Å²) < 4.78 is 5.15. The molecule has 3 rings (SSSR count). The Morgan fingerprint density at radius 1 is 1.12 bits per heavy atom. The first kappa shape index (κ1) is 18.4. The molecular weight excluding hydrogens is 336 g/mol. The van der Waals surface area contributed by atoms with Crippen LogP contribution >= 0.6 is 0 Å². The first-order valence-corrected chi connectivity index (χ1v) is 9.16. The number of nitrogens with zero attached hydrogens (tertiary/aromatic N) is 4. The van der Waals surface area contributed by atoms with Crippen LogP contribution in [0.1, 0.15) is 43.2 Å². The van der Waals surface area contributed by atoms with E-state index in [4.69, 9.17) is 4.52 Å². The monoisotopic (exact) mass is 362 g/mol. The lowest BCUT2D eigenvalue weighted by Crippen LogP contribution is -2.58. The van der Waals surface area contributed by atoms with Crippen LogP contribution in [-0.4, -0.2) is 69.8 Å². The molecule has 8 nitrogen and oxygen atoms in total. The summed E-state index contributed by atoms with van der Waals surface area (Å²) in [6.07, 6.45) is 2.23. The Morgan fingerprint density at radius 2 is 1.85 bits per heavy atom. The lowest BCUT2D eigenvalue weighted by molar-refractivity contribution is -0.155. The normalized spacial score (nSPS) is 21.3. The van der Waals surface area contributed by atoms with Crippen molar-refractivity contribution in [3.05, 3.63) is 17.0 Å². The molecule has 142 valence electrons. The molecule has 2 fully saturated rings. The molecule has 3 heterocycles. The van der Waals surface area contributed by atoms with Gasteiger partial charge < -0.3 is 19.2 Å². The van der Waals surface area contributed by atoms with Gasteiger partial charge in [0.1, 0.15) is 11.8 Å². The highest BCUT2D eigenvalue weighted by atomic mass is 16.5. The van der Waals surface area contributed by atoms with Crippen molar-refractivity contribution >= 4 is 17.7 Å². The Hall–Kier alpha value is -2.38. The second-order valence-electron chi connectivity index (χ2n) is 7.10. The molecule has 0 aromatic carbocycles. The minimum atomic E-state index is -0.515. The van der Waals surface area contributed by atoms with Crippen LogP contribution in [0.3, 0.4) is 0 Å². The Kier molecular flexibility index (Phi) is 5.29. The minimum Gasteiger partial charge on any atom is -0.361 e. The van der Waals surface area contributed by atoms with E-state index >= 15 is 0 Å². The van der Waals surface area contributed by atoms with E-state index in [0.717, 1.165) is 24.2 Å². The second kappa shape index (κ2) is 7.47. The largest absolute Gasteiger partial charge is 0.361 e. The average Bonchev–Trinajstić information content (AvgIpc) is 3.15. The first-order chi connectivity index (χ1) is 12.4. The number of aryl methyl sites for hydroxylation is 2. The number of likely N-dealkylation sites (tertiary alicyclic amines) is 1. The van der Waals surface area contributed by atoms with Gasteiger partial charge in [0.15, 0.2) is 0 Å². The molecule has 26 heavy (non-hydrogen) atoms. The zero-order chi connectivity index (χ0) is 18.8. The summed E-state index contributed by atoms with van der Waals surface area (Å²) in [5.74, 6) is 0.733. The molecule has 3 amide bonds. The Bertz CT molecular complexity index is 695.